The summed E-state index contributed by atoms with van der Waals surface area (Å²) in [7, 11) is 0. The molecule has 0 unspecified atom stereocenters. The van der Waals surface area contributed by atoms with Crippen molar-refractivity contribution in [1.29, 1.82) is 0 Å². The van der Waals surface area contributed by atoms with Gasteiger partial charge in [-0.05, 0) is 30.4 Å². The van der Waals surface area contributed by atoms with Crippen molar-refractivity contribution in [2.45, 2.75) is 26.7 Å². The molecule has 0 saturated heterocycles. The maximum absolute atomic E-state index is 14.0. The number of hydrogen-bond acceptors (Lipinski definition) is 1. The third kappa shape index (κ3) is 2.41. The van der Waals surface area contributed by atoms with Gasteiger partial charge in [-0.25, -0.2) is 4.39 Å². The zero-order chi connectivity index (χ0) is 12.3. The Balaban J connectivity index is 2.48. The topological polar surface area (TPSA) is 9.23 Å². The Labute approximate surface area is 101 Å². The fourth-order valence-corrected chi connectivity index (χ4v) is 2.03. The van der Waals surface area contributed by atoms with Crippen LogP contribution in [0.5, 0.6) is 5.75 Å². The first-order valence-corrected chi connectivity index (χ1v) is 6.10. The van der Waals surface area contributed by atoms with Gasteiger partial charge in [-0.2, -0.15) is 0 Å². The molecule has 0 saturated carbocycles. The summed E-state index contributed by atoms with van der Waals surface area (Å²) in [6.45, 7) is 4.48. The lowest BCUT2D eigenvalue weighted by molar-refractivity contribution is 0.323. The molecule has 2 rings (SSSR count). The molecule has 0 spiro atoms. The molecule has 90 valence electrons. The molecule has 1 nitrogen and oxygen atoms in total. The molecule has 0 heterocycles. The summed E-state index contributed by atoms with van der Waals surface area (Å²) in [5.74, 6) is 0.0793. The first kappa shape index (κ1) is 11.9. The molecule has 0 atom stereocenters. The summed E-state index contributed by atoms with van der Waals surface area (Å²) >= 11 is 0. The first-order chi connectivity index (χ1) is 8.26. The molecule has 2 aromatic rings. The molecule has 0 aromatic heterocycles. The highest BCUT2D eigenvalue weighted by Gasteiger charge is 2.08. The van der Waals surface area contributed by atoms with Crippen LogP contribution in [0.2, 0.25) is 0 Å². The zero-order valence-corrected chi connectivity index (χ0v) is 10.3. The second-order valence-electron chi connectivity index (χ2n) is 4.12. The number of ether oxygens (including phenoxy) is 1. The molecule has 0 aliphatic rings. The van der Waals surface area contributed by atoms with Crippen LogP contribution in [0.3, 0.4) is 0 Å². The summed E-state index contributed by atoms with van der Waals surface area (Å²) < 4.78 is 19.3. The monoisotopic (exact) mass is 232 g/mol. The normalized spacial score (nSPS) is 10.8. The van der Waals surface area contributed by atoms with Crippen molar-refractivity contribution in [1.82, 2.24) is 0 Å². The van der Waals surface area contributed by atoms with Crippen LogP contribution < -0.4 is 4.74 Å². The summed E-state index contributed by atoms with van der Waals surface area (Å²) in [5, 5.41) is 1.58. The molecular formula is C15H17FO. The molecule has 0 aliphatic heterocycles. The van der Waals surface area contributed by atoms with E-state index in [0.717, 1.165) is 18.2 Å². The molecule has 0 aliphatic carbocycles. The van der Waals surface area contributed by atoms with Gasteiger partial charge in [0.1, 0.15) is 0 Å². The van der Waals surface area contributed by atoms with E-state index in [9.17, 15) is 4.39 Å². The lowest BCUT2D eigenvalue weighted by Gasteiger charge is -2.08. The van der Waals surface area contributed by atoms with Crippen LogP contribution >= 0.6 is 0 Å². The van der Waals surface area contributed by atoms with Crippen molar-refractivity contribution in [3.05, 3.63) is 41.7 Å². The van der Waals surface area contributed by atoms with Crippen LogP contribution in [-0.2, 0) is 6.42 Å². The predicted molar refractivity (Wildman–Crippen MR) is 69.1 cm³/mol. The van der Waals surface area contributed by atoms with Gasteiger partial charge in [0.05, 0.1) is 6.61 Å². The van der Waals surface area contributed by atoms with Gasteiger partial charge in [0.2, 0.25) is 0 Å². The highest BCUT2D eigenvalue weighted by atomic mass is 19.1. The van der Waals surface area contributed by atoms with E-state index in [-0.39, 0.29) is 5.82 Å². The van der Waals surface area contributed by atoms with Crippen molar-refractivity contribution in [2.24, 2.45) is 0 Å². The lowest BCUT2D eigenvalue weighted by atomic mass is 10.0. The van der Waals surface area contributed by atoms with Crippen molar-refractivity contribution in [3.63, 3.8) is 0 Å². The number of rotatable bonds is 4. The summed E-state index contributed by atoms with van der Waals surface area (Å²) in [6, 6.07) is 9.51. The van der Waals surface area contributed by atoms with Crippen LogP contribution in [0, 0.1) is 5.82 Å². The number of aryl methyl sites for hydroxylation is 1. The molecule has 0 amide bonds. The van der Waals surface area contributed by atoms with Gasteiger partial charge >= 0.3 is 0 Å². The SMILES string of the molecule is CCCc1ccc2c(F)c(OCC)ccc2c1. The van der Waals surface area contributed by atoms with Crippen molar-refractivity contribution in [3.8, 4) is 5.75 Å². The molecule has 17 heavy (non-hydrogen) atoms. The minimum absolute atomic E-state index is 0.257. The Morgan fingerprint density at radius 3 is 2.65 bits per heavy atom. The van der Waals surface area contributed by atoms with Crippen molar-refractivity contribution in [2.75, 3.05) is 6.61 Å². The maximum atomic E-state index is 14.0. The van der Waals surface area contributed by atoms with E-state index in [0.29, 0.717) is 17.7 Å². The van der Waals surface area contributed by atoms with E-state index in [1.54, 1.807) is 6.07 Å². The van der Waals surface area contributed by atoms with E-state index in [4.69, 9.17) is 4.74 Å². The molecule has 0 radical (unpaired) electrons. The van der Waals surface area contributed by atoms with Gasteiger partial charge < -0.3 is 4.74 Å². The van der Waals surface area contributed by atoms with Gasteiger partial charge in [0.25, 0.3) is 0 Å². The van der Waals surface area contributed by atoms with Gasteiger partial charge in [-0.3, -0.25) is 0 Å². The molecular weight excluding hydrogens is 215 g/mol. The third-order valence-corrected chi connectivity index (χ3v) is 2.82. The zero-order valence-electron chi connectivity index (χ0n) is 10.3. The molecule has 2 heteroatoms. The molecule has 0 fully saturated rings. The number of halogens is 1. The van der Waals surface area contributed by atoms with Crippen molar-refractivity contribution < 1.29 is 9.13 Å². The van der Waals surface area contributed by atoms with E-state index < -0.39 is 0 Å². The Kier molecular flexibility index (Phi) is 3.62. The van der Waals surface area contributed by atoms with Crippen LogP contribution in [0.25, 0.3) is 10.8 Å². The van der Waals surface area contributed by atoms with Gasteiger partial charge in [-0.15, -0.1) is 0 Å². The fraction of sp³-hybridized carbons (Fsp3) is 0.333. The summed E-state index contributed by atoms with van der Waals surface area (Å²) in [6.07, 6.45) is 2.13. The van der Waals surface area contributed by atoms with Crippen LogP contribution in [0.4, 0.5) is 4.39 Å². The van der Waals surface area contributed by atoms with E-state index >= 15 is 0 Å². The summed E-state index contributed by atoms with van der Waals surface area (Å²) in [4.78, 5) is 0. The Bertz CT molecular complexity index is 520. The van der Waals surface area contributed by atoms with E-state index in [1.807, 2.05) is 25.1 Å². The largest absolute Gasteiger partial charge is 0.491 e. The summed E-state index contributed by atoms with van der Waals surface area (Å²) in [5.41, 5.74) is 1.25. The third-order valence-electron chi connectivity index (χ3n) is 2.82. The van der Waals surface area contributed by atoms with E-state index in [1.165, 1.54) is 5.56 Å². The lowest BCUT2D eigenvalue weighted by Crippen LogP contribution is -1.95. The standard InChI is InChI=1S/C15H17FO/c1-3-5-11-6-8-13-12(10-11)7-9-14(15(13)16)17-4-2/h6-10H,3-5H2,1-2H3. The highest BCUT2D eigenvalue weighted by Crippen LogP contribution is 2.27. The average Bonchev–Trinajstić information content (AvgIpc) is 2.33. The number of fused-ring (bicyclic) bond motifs is 1. The fourth-order valence-electron chi connectivity index (χ4n) is 2.03. The molecule has 2 aromatic carbocycles. The number of hydrogen-bond donors (Lipinski definition) is 0. The second-order valence-corrected chi connectivity index (χ2v) is 4.12. The van der Waals surface area contributed by atoms with E-state index in [2.05, 4.69) is 13.0 Å². The Hall–Kier alpha value is -1.57. The second kappa shape index (κ2) is 5.17. The van der Waals surface area contributed by atoms with Crippen molar-refractivity contribution >= 4 is 10.8 Å². The Morgan fingerprint density at radius 1 is 1.12 bits per heavy atom. The first-order valence-electron chi connectivity index (χ1n) is 6.10. The minimum atomic E-state index is -0.257. The van der Waals surface area contributed by atoms with Gasteiger partial charge in [-0.1, -0.05) is 37.6 Å². The number of benzene rings is 2. The van der Waals surface area contributed by atoms with Crippen LogP contribution in [-0.4, -0.2) is 6.61 Å². The van der Waals surface area contributed by atoms with Gasteiger partial charge in [0.15, 0.2) is 11.6 Å². The Morgan fingerprint density at radius 2 is 1.94 bits per heavy atom. The molecule has 0 bridgehead atoms. The molecule has 0 N–H and O–H groups in total. The predicted octanol–water partition coefficient (Wildman–Crippen LogP) is 4.33. The van der Waals surface area contributed by atoms with Crippen LogP contribution in [0.1, 0.15) is 25.8 Å². The van der Waals surface area contributed by atoms with Crippen LogP contribution in [0.15, 0.2) is 30.3 Å². The highest BCUT2D eigenvalue weighted by molar-refractivity contribution is 5.85. The van der Waals surface area contributed by atoms with Gasteiger partial charge in [0, 0.05) is 5.39 Å². The average molecular weight is 232 g/mol. The quantitative estimate of drug-likeness (QED) is 0.762. The smallest absolute Gasteiger partial charge is 0.172 e. The maximum Gasteiger partial charge on any atom is 0.172 e. The minimum Gasteiger partial charge on any atom is -0.491 e.